The van der Waals surface area contributed by atoms with Crippen molar-refractivity contribution in [3.8, 4) is 0 Å². The van der Waals surface area contributed by atoms with Crippen LogP contribution in [-0.4, -0.2) is 23.6 Å². The van der Waals surface area contributed by atoms with E-state index >= 15 is 0 Å². The van der Waals surface area contributed by atoms with E-state index in [1.54, 1.807) is 6.92 Å². The first-order valence-electron chi connectivity index (χ1n) is 12.4. The van der Waals surface area contributed by atoms with Gasteiger partial charge in [-0.1, -0.05) is 30.3 Å². The maximum atomic E-state index is 14.8. The molecule has 8 heteroatoms. The molecule has 0 fully saturated rings. The number of aromatic nitrogens is 1. The molecule has 0 bridgehead atoms. The first kappa shape index (κ1) is 25.9. The number of nitrogens with two attached hydrogens (primary N) is 1. The SMILES string of the molecule is Cc1cc(Nc2ccc(CC(=O)Nc3ccccc3SN)cc2)c2cc(C3=C(F)C(C)OCC3)ccc2n1. The van der Waals surface area contributed by atoms with Gasteiger partial charge in [0, 0.05) is 27.4 Å². The van der Waals surface area contributed by atoms with Crippen LogP contribution in [0.3, 0.4) is 0 Å². The highest BCUT2D eigenvalue weighted by molar-refractivity contribution is 7.97. The van der Waals surface area contributed by atoms with Crippen LogP contribution in [0.1, 0.15) is 30.2 Å². The molecule has 0 radical (unpaired) electrons. The van der Waals surface area contributed by atoms with Crippen LogP contribution in [0.5, 0.6) is 0 Å². The van der Waals surface area contributed by atoms with Crippen LogP contribution in [0.4, 0.5) is 21.5 Å². The molecule has 1 aliphatic rings. The monoisotopic (exact) mass is 528 g/mol. The summed E-state index contributed by atoms with van der Waals surface area (Å²) in [6, 6.07) is 23.0. The number of hydrogen-bond acceptors (Lipinski definition) is 6. The maximum Gasteiger partial charge on any atom is 0.228 e. The van der Waals surface area contributed by atoms with E-state index in [9.17, 15) is 9.18 Å². The lowest BCUT2D eigenvalue weighted by molar-refractivity contribution is -0.115. The minimum Gasteiger partial charge on any atom is -0.371 e. The van der Waals surface area contributed by atoms with Crippen LogP contribution in [0.15, 0.2) is 83.5 Å². The lowest BCUT2D eigenvalue weighted by Crippen LogP contribution is -2.17. The number of halogens is 1. The smallest absolute Gasteiger partial charge is 0.228 e. The summed E-state index contributed by atoms with van der Waals surface area (Å²) in [5.41, 5.74) is 6.60. The second kappa shape index (κ2) is 11.3. The fraction of sp³-hybridized carbons (Fsp3) is 0.200. The number of fused-ring (bicyclic) bond motifs is 1. The molecule has 0 aliphatic carbocycles. The van der Waals surface area contributed by atoms with E-state index in [2.05, 4.69) is 15.6 Å². The third-order valence-electron chi connectivity index (χ3n) is 6.54. The number of carbonyl (C=O) groups excluding carboxylic acids is 1. The molecule has 4 N–H and O–H groups in total. The van der Waals surface area contributed by atoms with E-state index in [1.165, 1.54) is 0 Å². The van der Waals surface area contributed by atoms with Gasteiger partial charge < -0.3 is 15.4 Å². The number of amides is 1. The Bertz CT molecular complexity index is 1520. The van der Waals surface area contributed by atoms with E-state index < -0.39 is 6.10 Å². The van der Waals surface area contributed by atoms with Gasteiger partial charge in [-0.15, -0.1) is 0 Å². The summed E-state index contributed by atoms with van der Waals surface area (Å²) in [6.07, 6.45) is 0.251. The first-order chi connectivity index (χ1) is 18.4. The first-order valence-corrected chi connectivity index (χ1v) is 13.3. The van der Waals surface area contributed by atoms with Crippen molar-refractivity contribution in [3.05, 3.63) is 95.4 Å². The van der Waals surface area contributed by atoms with Crippen LogP contribution in [-0.2, 0) is 16.0 Å². The van der Waals surface area contributed by atoms with Crippen molar-refractivity contribution in [1.29, 1.82) is 0 Å². The third kappa shape index (κ3) is 5.72. The van der Waals surface area contributed by atoms with E-state index in [4.69, 9.17) is 9.88 Å². The number of benzene rings is 3. The number of ether oxygens (including phenoxy) is 1. The summed E-state index contributed by atoms with van der Waals surface area (Å²) in [6.45, 7) is 4.19. The van der Waals surface area contributed by atoms with Crippen molar-refractivity contribution in [2.24, 2.45) is 5.14 Å². The molecule has 1 atom stereocenters. The Kier molecular flexibility index (Phi) is 7.74. The molecule has 1 amide bonds. The number of hydrogen-bond donors (Lipinski definition) is 3. The fourth-order valence-electron chi connectivity index (χ4n) is 4.62. The van der Waals surface area contributed by atoms with E-state index in [1.807, 2.05) is 79.7 Å². The van der Waals surface area contributed by atoms with Crippen LogP contribution in [0.25, 0.3) is 16.5 Å². The molecule has 3 aromatic carbocycles. The molecule has 194 valence electrons. The molecule has 5 rings (SSSR count). The number of carbonyl (C=O) groups is 1. The minimum absolute atomic E-state index is 0.112. The summed E-state index contributed by atoms with van der Waals surface area (Å²) in [5.74, 6) is -0.325. The Hall–Kier alpha value is -3.72. The Balaban J connectivity index is 1.35. The van der Waals surface area contributed by atoms with Gasteiger partial charge >= 0.3 is 0 Å². The molecule has 1 aliphatic heterocycles. The predicted octanol–water partition coefficient (Wildman–Crippen LogP) is 6.92. The molecule has 38 heavy (non-hydrogen) atoms. The standard InChI is InChI=1S/C30H29FN4O2S/c1-18-15-27(24-17-21(9-12-25(24)33-18)23-13-14-37-19(2)30(23)31)34-22-10-7-20(8-11-22)16-29(36)35-26-5-3-4-6-28(26)38-32/h3-12,15,17,19H,13-14,16,32H2,1-2H3,(H,33,34)(H,35,36). The Morgan fingerprint density at radius 3 is 2.68 bits per heavy atom. The molecular weight excluding hydrogens is 499 g/mol. The molecule has 0 saturated heterocycles. The van der Waals surface area contributed by atoms with Gasteiger partial charge in [-0.3, -0.25) is 14.9 Å². The van der Waals surface area contributed by atoms with Gasteiger partial charge in [-0.2, -0.15) is 0 Å². The number of pyridine rings is 1. The zero-order chi connectivity index (χ0) is 26.6. The van der Waals surface area contributed by atoms with Gasteiger partial charge in [-0.05, 0) is 91.4 Å². The second-order valence-corrected chi connectivity index (χ2v) is 9.97. The average molecular weight is 529 g/mol. The van der Waals surface area contributed by atoms with Crippen LogP contribution < -0.4 is 15.8 Å². The molecule has 6 nitrogen and oxygen atoms in total. The fourth-order valence-corrected chi connectivity index (χ4v) is 5.02. The molecular formula is C30H29FN4O2S. The largest absolute Gasteiger partial charge is 0.371 e. The van der Waals surface area contributed by atoms with Gasteiger partial charge in [-0.25, -0.2) is 4.39 Å². The lowest BCUT2D eigenvalue weighted by atomic mass is 9.96. The van der Waals surface area contributed by atoms with E-state index in [0.29, 0.717) is 24.3 Å². The Morgan fingerprint density at radius 1 is 1.11 bits per heavy atom. The third-order valence-corrected chi connectivity index (χ3v) is 7.15. The number of nitrogens with zero attached hydrogens (tertiary/aromatic N) is 1. The van der Waals surface area contributed by atoms with Crippen molar-refractivity contribution in [2.45, 2.75) is 37.7 Å². The highest BCUT2D eigenvalue weighted by Gasteiger charge is 2.22. The van der Waals surface area contributed by atoms with Crippen LogP contribution in [0, 0.1) is 6.92 Å². The van der Waals surface area contributed by atoms with Gasteiger partial charge in [0.2, 0.25) is 5.91 Å². The highest BCUT2D eigenvalue weighted by Crippen LogP contribution is 2.34. The summed E-state index contributed by atoms with van der Waals surface area (Å²) >= 11 is 1.10. The molecule has 0 saturated carbocycles. The Labute approximate surface area is 225 Å². The summed E-state index contributed by atoms with van der Waals surface area (Å²) in [5, 5.41) is 13.0. The topological polar surface area (TPSA) is 89.3 Å². The molecule has 1 unspecified atom stereocenters. The number of para-hydroxylation sites is 1. The second-order valence-electron chi connectivity index (χ2n) is 9.29. The normalized spacial score (nSPS) is 15.5. The lowest BCUT2D eigenvalue weighted by Gasteiger charge is -2.22. The summed E-state index contributed by atoms with van der Waals surface area (Å²) in [7, 11) is 0. The van der Waals surface area contributed by atoms with Gasteiger partial charge in [0.15, 0.2) is 0 Å². The number of nitrogens with one attached hydrogen (secondary N) is 2. The van der Waals surface area contributed by atoms with Crippen LogP contribution in [0.2, 0.25) is 0 Å². The van der Waals surface area contributed by atoms with Gasteiger partial charge in [0.1, 0.15) is 11.9 Å². The summed E-state index contributed by atoms with van der Waals surface area (Å²) < 4.78 is 20.2. The molecule has 2 heterocycles. The van der Waals surface area contributed by atoms with Crippen molar-refractivity contribution < 1.29 is 13.9 Å². The van der Waals surface area contributed by atoms with Crippen LogP contribution >= 0.6 is 11.9 Å². The van der Waals surface area contributed by atoms with Crippen molar-refractivity contribution in [1.82, 2.24) is 4.98 Å². The molecule has 0 spiro atoms. The maximum absolute atomic E-state index is 14.8. The average Bonchev–Trinajstić information content (AvgIpc) is 2.91. The molecule has 1 aromatic heterocycles. The minimum atomic E-state index is -0.530. The molecule has 4 aromatic rings. The summed E-state index contributed by atoms with van der Waals surface area (Å²) in [4.78, 5) is 18.1. The predicted molar refractivity (Wildman–Crippen MR) is 153 cm³/mol. The van der Waals surface area contributed by atoms with E-state index in [0.717, 1.165) is 55.9 Å². The number of anilines is 3. The quantitative estimate of drug-likeness (QED) is 0.226. The van der Waals surface area contributed by atoms with E-state index in [-0.39, 0.29) is 18.2 Å². The van der Waals surface area contributed by atoms with Gasteiger partial charge in [0.25, 0.3) is 0 Å². The number of aryl methyl sites for hydroxylation is 1. The van der Waals surface area contributed by atoms with Crippen molar-refractivity contribution in [2.75, 3.05) is 17.2 Å². The van der Waals surface area contributed by atoms with Gasteiger partial charge in [0.05, 0.1) is 24.2 Å². The van der Waals surface area contributed by atoms with Crippen molar-refractivity contribution in [3.63, 3.8) is 0 Å². The zero-order valence-corrected chi connectivity index (χ0v) is 22.1. The Morgan fingerprint density at radius 2 is 1.89 bits per heavy atom. The zero-order valence-electron chi connectivity index (χ0n) is 21.3. The highest BCUT2D eigenvalue weighted by atomic mass is 32.2. The number of rotatable bonds is 7. The van der Waals surface area contributed by atoms with Crippen molar-refractivity contribution >= 4 is 51.4 Å².